The molecule has 8 bridgehead atoms. The minimum absolute atomic E-state index is 0.794. The molecule has 4 aromatic rings. The Hall–Kier alpha value is -4.20. The first kappa shape index (κ1) is 19.7. The molecule has 8 nitrogen and oxygen atoms in total. The minimum Gasteiger partial charge on any atom is -0.314 e. The van der Waals surface area contributed by atoms with Crippen LogP contribution < -0.4 is 19.6 Å². The first-order valence-electron chi connectivity index (χ1n) is 10.3. The smallest absolute Gasteiger partial charge is 0.136 e. The van der Waals surface area contributed by atoms with Gasteiger partial charge in [0.1, 0.15) is 46.5 Å². The van der Waals surface area contributed by atoms with Crippen LogP contribution in [0.5, 0.6) is 0 Å². The zero-order valence-electron chi connectivity index (χ0n) is 18.5. The lowest BCUT2D eigenvalue weighted by molar-refractivity contribution is 0.997. The second kappa shape index (κ2) is 7.81. The lowest BCUT2D eigenvalue weighted by atomic mass is 10.3. The third-order valence-electron chi connectivity index (χ3n) is 5.63. The van der Waals surface area contributed by atoms with Gasteiger partial charge in [-0.05, 0) is 48.5 Å². The summed E-state index contributed by atoms with van der Waals surface area (Å²) in [7, 11) is 7.87. The number of hydrogen-bond acceptors (Lipinski definition) is 8. The standard InChI is InChI=1S/C24H24N8/c1-29-17-9-5-11-19(25-17)30(2)21-13-7-15-23(27-21)32(4)24-16-8-14-22(28-24)31(3)20-12-6-10-18(29)26-20/h5-16H,1-4H3. The molecule has 1 aliphatic rings. The van der Waals surface area contributed by atoms with E-state index in [-0.39, 0.29) is 0 Å². The predicted molar refractivity (Wildman–Crippen MR) is 129 cm³/mol. The Bertz CT molecular complexity index is 999. The monoisotopic (exact) mass is 424 g/mol. The lowest BCUT2D eigenvalue weighted by Gasteiger charge is -2.26. The van der Waals surface area contributed by atoms with Crippen LogP contribution in [0, 0.1) is 0 Å². The molecule has 0 aromatic carbocycles. The zero-order valence-corrected chi connectivity index (χ0v) is 18.5. The highest BCUT2D eigenvalue weighted by Gasteiger charge is 2.17. The van der Waals surface area contributed by atoms with Gasteiger partial charge in [0.15, 0.2) is 0 Å². The lowest BCUT2D eigenvalue weighted by Crippen LogP contribution is -2.20. The summed E-state index contributed by atoms with van der Waals surface area (Å²) < 4.78 is 0. The molecule has 0 N–H and O–H groups in total. The fraction of sp³-hybridized carbons (Fsp3) is 0.167. The Morgan fingerprint density at radius 2 is 0.500 bits per heavy atom. The molecule has 0 fully saturated rings. The van der Waals surface area contributed by atoms with Crippen LogP contribution in [0.3, 0.4) is 0 Å². The van der Waals surface area contributed by atoms with Crippen LogP contribution in [0.25, 0.3) is 0 Å². The topological polar surface area (TPSA) is 64.5 Å². The SMILES string of the molecule is CN1c2cccc(n2)N(C)c2cccc(n2)N(C)c2cccc(n2)N(C)c2cccc1n2. The third-order valence-corrected chi connectivity index (χ3v) is 5.63. The molecule has 32 heavy (non-hydrogen) atoms. The van der Waals surface area contributed by atoms with Gasteiger partial charge in [0.2, 0.25) is 0 Å². The summed E-state index contributed by atoms with van der Waals surface area (Å²) in [5.41, 5.74) is 0. The van der Waals surface area contributed by atoms with Crippen LogP contribution >= 0.6 is 0 Å². The van der Waals surface area contributed by atoms with Crippen molar-refractivity contribution in [2.24, 2.45) is 0 Å². The van der Waals surface area contributed by atoms with Gasteiger partial charge >= 0.3 is 0 Å². The van der Waals surface area contributed by atoms with E-state index in [1.165, 1.54) is 0 Å². The van der Waals surface area contributed by atoms with Gasteiger partial charge < -0.3 is 19.6 Å². The fourth-order valence-corrected chi connectivity index (χ4v) is 3.61. The average molecular weight is 425 g/mol. The van der Waals surface area contributed by atoms with Crippen LogP contribution in [-0.2, 0) is 0 Å². The Balaban J connectivity index is 1.72. The summed E-state index contributed by atoms with van der Waals surface area (Å²) >= 11 is 0. The maximum atomic E-state index is 4.86. The summed E-state index contributed by atoms with van der Waals surface area (Å²) in [6.07, 6.45) is 0. The van der Waals surface area contributed by atoms with Crippen molar-refractivity contribution in [3.05, 3.63) is 72.8 Å². The van der Waals surface area contributed by atoms with Crippen molar-refractivity contribution >= 4 is 46.5 Å². The van der Waals surface area contributed by atoms with Gasteiger partial charge in [-0.2, -0.15) is 0 Å². The second-order valence-electron chi connectivity index (χ2n) is 7.65. The van der Waals surface area contributed by atoms with Crippen LogP contribution in [-0.4, -0.2) is 48.1 Å². The molecule has 0 unspecified atom stereocenters. The third kappa shape index (κ3) is 3.45. The summed E-state index contributed by atoms with van der Waals surface area (Å²) in [5, 5.41) is 0. The second-order valence-corrected chi connectivity index (χ2v) is 7.65. The summed E-state index contributed by atoms with van der Waals surface area (Å²) in [6, 6.07) is 23.8. The number of anilines is 8. The summed E-state index contributed by atoms with van der Waals surface area (Å²) in [6.45, 7) is 0. The molecule has 8 heteroatoms. The molecule has 5 rings (SSSR count). The number of pyridine rings is 4. The molecule has 0 aliphatic carbocycles. The van der Waals surface area contributed by atoms with Crippen LogP contribution in [0.2, 0.25) is 0 Å². The Labute approximate surface area is 187 Å². The van der Waals surface area contributed by atoms with Gasteiger partial charge in [0.25, 0.3) is 0 Å². The summed E-state index contributed by atoms with van der Waals surface area (Å²) in [5.74, 6) is 6.35. The number of rotatable bonds is 0. The Morgan fingerprint density at radius 1 is 0.344 bits per heavy atom. The van der Waals surface area contributed by atoms with E-state index in [1.54, 1.807) is 0 Å². The van der Waals surface area contributed by atoms with E-state index in [0.717, 1.165) is 46.5 Å². The van der Waals surface area contributed by atoms with Gasteiger partial charge in [-0.15, -0.1) is 0 Å². The van der Waals surface area contributed by atoms with Crippen LogP contribution in [0.4, 0.5) is 46.5 Å². The highest BCUT2D eigenvalue weighted by molar-refractivity contribution is 5.67. The van der Waals surface area contributed by atoms with Gasteiger partial charge in [-0.25, -0.2) is 19.9 Å². The number of fused-ring (bicyclic) bond motifs is 8. The normalized spacial score (nSPS) is 13.4. The van der Waals surface area contributed by atoms with Crippen LogP contribution in [0.1, 0.15) is 0 Å². The highest BCUT2D eigenvalue weighted by atomic mass is 15.3. The van der Waals surface area contributed by atoms with E-state index in [9.17, 15) is 0 Å². The highest BCUT2D eigenvalue weighted by Crippen LogP contribution is 2.31. The molecular weight excluding hydrogens is 400 g/mol. The zero-order chi connectivity index (χ0) is 22.2. The molecule has 160 valence electrons. The van der Waals surface area contributed by atoms with Gasteiger partial charge in [0.05, 0.1) is 0 Å². The average Bonchev–Trinajstić information content (AvgIpc) is 2.86. The van der Waals surface area contributed by atoms with Crippen molar-refractivity contribution in [2.75, 3.05) is 47.8 Å². The maximum absolute atomic E-state index is 4.86. The van der Waals surface area contributed by atoms with Crippen molar-refractivity contribution in [1.29, 1.82) is 0 Å². The molecule has 0 spiro atoms. The van der Waals surface area contributed by atoms with Crippen molar-refractivity contribution in [3.8, 4) is 0 Å². The molecule has 4 aromatic heterocycles. The number of nitrogens with zero attached hydrogens (tertiary/aromatic N) is 8. The molecule has 0 radical (unpaired) electrons. The van der Waals surface area contributed by atoms with Gasteiger partial charge in [0, 0.05) is 28.2 Å². The van der Waals surface area contributed by atoms with Gasteiger partial charge in [-0.3, -0.25) is 0 Å². The van der Waals surface area contributed by atoms with E-state index in [2.05, 4.69) is 0 Å². The van der Waals surface area contributed by atoms with E-state index >= 15 is 0 Å². The molecule has 0 atom stereocenters. The number of hydrogen-bond donors (Lipinski definition) is 0. The first-order chi connectivity index (χ1) is 15.5. The van der Waals surface area contributed by atoms with E-state index in [1.807, 2.05) is 121 Å². The molecule has 5 heterocycles. The van der Waals surface area contributed by atoms with Crippen LogP contribution in [0.15, 0.2) is 72.8 Å². The maximum Gasteiger partial charge on any atom is 0.136 e. The van der Waals surface area contributed by atoms with Crippen molar-refractivity contribution in [1.82, 2.24) is 19.9 Å². The summed E-state index contributed by atoms with van der Waals surface area (Å²) in [4.78, 5) is 27.4. The van der Waals surface area contributed by atoms with E-state index < -0.39 is 0 Å². The minimum atomic E-state index is 0.794. The molecule has 0 saturated carbocycles. The van der Waals surface area contributed by atoms with Crippen molar-refractivity contribution in [2.45, 2.75) is 0 Å². The molecule has 0 amide bonds. The first-order valence-corrected chi connectivity index (χ1v) is 10.3. The Kier molecular flexibility index (Phi) is 4.82. The van der Waals surface area contributed by atoms with Crippen molar-refractivity contribution < 1.29 is 0 Å². The van der Waals surface area contributed by atoms with Crippen molar-refractivity contribution in [3.63, 3.8) is 0 Å². The molecular formula is C24H24N8. The predicted octanol–water partition coefficient (Wildman–Crippen LogP) is 4.65. The molecule has 1 aliphatic heterocycles. The largest absolute Gasteiger partial charge is 0.314 e. The van der Waals surface area contributed by atoms with Gasteiger partial charge in [-0.1, -0.05) is 24.3 Å². The van der Waals surface area contributed by atoms with E-state index in [0.29, 0.717) is 0 Å². The quantitative estimate of drug-likeness (QED) is 0.404. The molecule has 0 saturated heterocycles. The fourth-order valence-electron chi connectivity index (χ4n) is 3.61. The Morgan fingerprint density at radius 3 is 0.656 bits per heavy atom. The number of aromatic nitrogens is 4. The van der Waals surface area contributed by atoms with E-state index in [4.69, 9.17) is 19.9 Å².